The number of benzene rings is 1. The van der Waals surface area contributed by atoms with Crippen molar-refractivity contribution >= 4 is 35.3 Å². The third-order valence-corrected chi connectivity index (χ3v) is 5.19. The second-order valence-electron chi connectivity index (χ2n) is 7.46. The minimum atomic E-state index is -0.400. The molecule has 1 amide bonds. The van der Waals surface area contributed by atoms with Crippen LogP contribution >= 0.6 is 12.6 Å². The molecule has 0 saturated carbocycles. The first kappa shape index (κ1) is 22.3. The molecule has 0 fully saturated rings. The predicted octanol–water partition coefficient (Wildman–Crippen LogP) is 5.03. The summed E-state index contributed by atoms with van der Waals surface area (Å²) in [5, 5.41) is 12.3. The molecule has 0 spiro atoms. The van der Waals surface area contributed by atoms with Gasteiger partial charge in [0.2, 0.25) is 0 Å². The van der Waals surface area contributed by atoms with Gasteiger partial charge in [-0.3, -0.25) is 4.79 Å². The summed E-state index contributed by atoms with van der Waals surface area (Å²) in [6.07, 6.45) is 5.11. The highest BCUT2D eigenvalue weighted by atomic mass is 32.1. The molecule has 0 radical (unpaired) electrons. The van der Waals surface area contributed by atoms with Crippen LogP contribution in [-0.4, -0.2) is 35.2 Å². The Balaban J connectivity index is 0.00000259. The summed E-state index contributed by atoms with van der Waals surface area (Å²) in [4.78, 5) is 21.6. The fourth-order valence-electron chi connectivity index (χ4n) is 3.44. The van der Waals surface area contributed by atoms with Crippen molar-refractivity contribution in [3.63, 3.8) is 0 Å². The van der Waals surface area contributed by atoms with Crippen molar-refractivity contribution in [1.29, 1.82) is 0 Å². The summed E-state index contributed by atoms with van der Waals surface area (Å²) in [5.74, 6) is 0.799. The van der Waals surface area contributed by atoms with E-state index in [9.17, 15) is 4.79 Å². The highest BCUT2D eigenvalue weighted by Crippen LogP contribution is 2.27. The molecule has 0 atom stereocenters. The molecule has 0 aliphatic rings. The molecule has 1 aromatic carbocycles. The monoisotopic (exact) mass is 461 g/mol. The van der Waals surface area contributed by atoms with E-state index in [1.54, 1.807) is 31.0 Å². The molecule has 0 bridgehead atoms. The number of carbonyl (C=O) groups is 1. The third kappa shape index (κ3) is 4.24. The van der Waals surface area contributed by atoms with Crippen molar-refractivity contribution in [2.75, 3.05) is 5.32 Å². The fraction of sp³-hybridized carbons (Fsp3) is 0.174. The van der Waals surface area contributed by atoms with Gasteiger partial charge in [0, 0.05) is 17.6 Å². The number of nitrogens with zero attached hydrogens (tertiary/aromatic N) is 6. The molecule has 33 heavy (non-hydrogen) atoms. The number of furan rings is 1. The first-order chi connectivity index (χ1) is 15.5. The maximum atomic E-state index is 12.9. The average molecular weight is 462 g/mol. The molecule has 4 heterocycles. The number of amides is 1. The number of hydrogen-bond acceptors (Lipinski definition) is 7. The quantitative estimate of drug-likeness (QED) is 0.356. The minimum absolute atomic E-state index is 0. The van der Waals surface area contributed by atoms with Gasteiger partial charge in [-0.2, -0.15) is 0 Å². The Bertz CT molecular complexity index is 1430. The predicted molar refractivity (Wildman–Crippen MR) is 129 cm³/mol. The second-order valence-corrected chi connectivity index (χ2v) is 7.91. The molecule has 5 rings (SSSR count). The van der Waals surface area contributed by atoms with Crippen LogP contribution in [0, 0.1) is 0 Å². The number of thiol groups is 1. The number of rotatable bonds is 5. The molecule has 10 heteroatoms. The van der Waals surface area contributed by atoms with E-state index in [2.05, 4.69) is 38.1 Å². The first-order valence-electron chi connectivity index (χ1n) is 9.94. The lowest BCUT2D eigenvalue weighted by Crippen LogP contribution is -2.12. The van der Waals surface area contributed by atoms with Gasteiger partial charge in [0.1, 0.15) is 34.8 Å². The van der Waals surface area contributed by atoms with Gasteiger partial charge >= 0.3 is 0 Å². The maximum absolute atomic E-state index is 12.9. The number of fused-ring (bicyclic) bond motifs is 1. The molecule has 0 aliphatic heterocycles. The van der Waals surface area contributed by atoms with Gasteiger partial charge in [-0.1, -0.05) is 19.6 Å². The highest BCUT2D eigenvalue weighted by Gasteiger charge is 2.17. The molecular formula is C23H23N7O2S. The Morgan fingerprint density at radius 1 is 1.15 bits per heavy atom. The number of imidazole rings is 1. The Morgan fingerprint density at radius 2 is 1.97 bits per heavy atom. The van der Waals surface area contributed by atoms with Crippen LogP contribution in [0.1, 0.15) is 37.9 Å². The van der Waals surface area contributed by atoms with Gasteiger partial charge in [0.15, 0.2) is 11.6 Å². The van der Waals surface area contributed by atoms with Crippen molar-refractivity contribution in [2.24, 2.45) is 0 Å². The standard InChI is InChI=1S/C22H19N7O2S.CH4/c1-13(2)29-12-24-27-21(29)15-5-3-8-19(25-15)26-22(30)18-9-14-16(6-4-7-17(14)31-18)28-10-20(32)23-11-28;/h3-13,32H,1-2H3,(H,25,26,30);1H4. The van der Waals surface area contributed by atoms with E-state index in [4.69, 9.17) is 4.42 Å². The average Bonchev–Trinajstić information content (AvgIpc) is 3.52. The van der Waals surface area contributed by atoms with Crippen LogP contribution in [0.5, 0.6) is 0 Å². The number of nitrogens with one attached hydrogen (secondary N) is 1. The lowest BCUT2D eigenvalue weighted by molar-refractivity contribution is 0.0998. The second kappa shape index (κ2) is 8.91. The number of aromatic nitrogens is 6. The Kier molecular flexibility index (Phi) is 6.01. The van der Waals surface area contributed by atoms with E-state index in [0.717, 1.165) is 11.1 Å². The number of anilines is 1. The molecular weight excluding hydrogens is 438 g/mol. The smallest absolute Gasteiger partial charge is 0.292 e. The Morgan fingerprint density at radius 3 is 2.73 bits per heavy atom. The van der Waals surface area contributed by atoms with Crippen LogP contribution in [-0.2, 0) is 0 Å². The van der Waals surface area contributed by atoms with Gasteiger partial charge in [0.25, 0.3) is 5.91 Å². The van der Waals surface area contributed by atoms with E-state index in [0.29, 0.717) is 27.9 Å². The summed E-state index contributed by atoms with van der Waals surface area (Å²) in [6.45, 7) is 4.07. The summed E-state index contributed by atoms with van der Waals surface area (Å²) < 4.78 is 9.55. The lowest BCUT2D eigenvalue weighted by Gasteiger charge is -2.10. The third-order valence-electron chi connectivity index (χ3n) is 4.96. The van der Waals surface area contributed by atoms with E-state index in [-0.39, 0.29) is 19.2 Å². The van der Waals surface area contributed by atoms with Crippen molar-refractivity contribution < 1.29 is 9.21 Å². The zero-order valence-electron chi connectivity index (χ0n) is 17.3. The molecule has 9 nitrogen and oxygen atoms in total. The van der Waals surface area contributed by atoms with Crippen LogP contribution in [0.2, 0.25) is 0 Å². The van der Waals surface area contributed by atoms with E-state index >= 15 is 0 Å². The molecule has 0 aliphatic carbocycles. The SMILES string of the molecule is C.CC(C)n1cnnc1-c1cccc(NC(=O)c2cc3c(-n4cnc(S)c4)cccc3o2)n1. The summed E-state index contributed by atoms with van der Waals surface area (Å²) in [6, 6.07) is 12.8. The van der Waals surface area contributed by atoms with Crippen molar-refractivity contribution in [3.05, 3.63) is 67.1 Å². The normalized spacial score (nSPS) is 11.0. The maximum Gasteiger partial charge on any atom is 0.292 e. The van der Waals surface area contributed by atoms with E-state index in [1.807, 2.05) is 53.3 Å². The Labute approximate surface area is 195 Å². The van der Waals surface area contributed by atoms with Crippen LogP contribution in [0.4, 0.5) is 5.82 Å². The summed E-state index contributed by atoms with van der Waals surface area (Å²) in [5.41, 5.74) is 2.05. The van der Waals surface area contributed by atoms with Crippen molar-refractivity contribution in [1.82, 2.24) is 29.3 Å². The number of hydrogen-bond donors (Lipinski definition) is 2. The number of carbonyl (C=O) groups excluding carboxylic acids is 1. The minimum Gasteiger partial charge on any atom is -0.451 e. The van der Waals surface area contributed by atoms with E-state index < -0.39 is 5.91 Å². The van der Waals surface area contributed by atoms with Crippen LogP contribution in [0.3, 0.4) is 0 Å². The Hall–Kier alpha value is -3.92. The summed E-state index contributed by atoms with van der Waals surface area (Å²) in [7, 11) is 0. The van der Waals surface area contributed by atoms with Gasteiger partial charge in [-0.15, -0.1) is 22.8 Å². The van der Waals surface area contributed by atoms with E-state index in [1.165, 1.54) is 0 Å². The molecule has 4 aromatic heterocycles. The van der Waals surface area contributed by atoms with Gasteiger partial charge in [-0.25, -0.2) is 9.97 Å². The highest BCUT2D eigenvalue weighted by molar-refractivity contribution is 7.80. The zero-order valence-corrected chi connectivity index (χ0v) is 18.2. The van der Waals surface area contributed by atoms with Gasteiger partial charge in [0.05, 0.1) is 5.69 Å². The van der Waals surface area contributed by atoms with Crippen molar-refractivity contribution in [3.8, 4) is 17.2 Å². The zero-order chi connectivity index (χ0) is 22.2. The van der Waals surface area contributed by atoms with Crippen LogP contribution in [0.15, 0.2) is 70.8 Å². The number of pyridine rings is 1. The fourth-order valence-corrected chi connectivity index (χ4v) is 3.61. The summed E-state index contributed by atoms with van der Waals surface area (Å²) >= 11 is 4.25. The largest absolute Gasteiger partial charge is 0.451 e. The topological polar surface area (TPSA) is 104 Å². The van der Waals surface area contributed by atoms with Crippen molar-refractivity contribution in [2.45, 2.75) is 32.3 Å². The van der Waals surface area contributed by atoms with Gasteiger partial charge in [-0.05, 0) is 44.2 Å². The first-order valence-corrected chi connectivity index (χ1v) is 10.4. The molecule has 0 saturated heterocycles. The molecule has 168 valence electrons. The molecule has 5 aromatic rings. The van der Waals surface area contributed by atoms with Crippen LogP contribution < -0.4 is 5.32 Å². The lowest BCUT2D eigenvalue weighted by atomic mass is 10.2. The molecule has 0 unspecified atom stereocenters. The van der Waals surface area contributed by atoms with Crippen LogP contribution in [0.25, 0.3) is 28.2 Å². The van der Waals surface area contributed by atoms with Gasteiger partial charge < -0.3 is 18.9 Å². The molecule has 1 N–H and O–H groups in total.